The first-order valence-electron chi connectivity index (χ1n) is 8.91. The van der Waals surface area contributed by atoms with E-state index >= 15 is 0 Å². The summed E-state index contributed by atoms with van der Waals surface area (Å²) in [5.41, 5.74) is 10.7. The summed E-state index contributed by atoms with van der Waals surface area (Å²) in [6.45, 7) is 5.25. The van der Waals surface area contributed by atoms with E-state index in [9.17, 15) is 0 Å². The average Bonchev–Trinajstić information content (AvgIpc) is 3.11. The zero-order chi connectivity index (χ0) is 17.2. The Bertz CT molecular complexity index is 950. The number of hydrogen-bond acceptors (Lipinski definition) is 1. The van der Waals surface area contributed by atoms with Gasteiger partial charge in [0.2, 0.25) is 0 Å². The highest BCUT2D eigenvalue weighted by atomic mass is 14.9. The second-order valence-electron chi connectivity index (χ2n) is 6.74. The average molecular weight is 325 g/mol. The standard InChI is InChI=1S/C24H23N/c1-17-8-3-4-12-21(17)22-13-6-11-20(18(22)2)16-25-24-15-7-10-19-9-5-14-23(19)24/h3-8,10-15,25H,9,16H2,1-2H3. The van der Waals surface area contributed by atoms with Crippen molar-refractivity contribution in [2.75, 3.05) is 5.32 Å². The van der Waals surface area contributed by atoms with Crippen LogP contribution >= 0.6 is 0 Å². The fourth-order valence-corrected chi connectivity index (χ4v) is 3.68. The fourth-order valence-electron chi connectivity index (χ4n) is 3.68. The van der Waals surface area contributed by atoms with Crippen molar-refractivity contribution >= 4 is 11.8 Å². The molecule has 0 aliphatic heterocycles. The number of nitrogens with one attached hydrogen (secondary N) is 1. The molecule has 1 aliphatic rings. The Kier molecular flexibility index (Phi) is 4.15. The molecule has 3 aromatic rings. The van der Waals surface area contributed by atoms with Crippen LogP contribution in [-0.2, 0) is 13.0 Å². The Labute approximate surface area is 150 Å². The highest BCUT2D eigenvalue weighted by Gasteiger charge is 2.11. The molecule has 0 atom stereocenters. The number of rotatable bonds is 4. The van der Waals surface area contributed by atoms with Gasteiger partial charge in [-0.05, 0) is 59.7 Å². The van der Waals surface area contributed by atoms with Gasteiger partial charge in [-0.2, -0.15) is 0 Å². The van der Waals surface area contributed by atoms with Gasteiger partial charge in [-0.15, -0.1) is 0 Å². The first-order valence-corrected chi connectivity index (χ1v) is 8.91. The molecule has 1 heteroatoms. The van der Waals surface area contributed by atoms with Crippen molar-refractivity contribution in [1.29, 1.82) is 0 Å². The van der Waals surface area contributed by atoms with Crippen molar-refractivity contribution in [2.24, 2.45) is 0 Å². The van der Waals surface area contributed by atoms with Gasteiger partial charge in [-0.25, -0.2) is 0 Å². The molecule has 0 unspecified atom stereocenters. The van der Waals surface area contributed by atoms with E-state index < -0.39 is 0 Å². The third-order valence-electron chi connectivity index (χ3n) is 5.17. The minimum atomic E-state index is 0.843. The van der Waals surface area contributed by atoms with Gasteiger partial charge in [0.1, 0.15) is 0 Å². The van der Waals surface area contributed by atoms with Crippen LogP contribution in [0.3, 0.4) is 0 Å². The number of hydrogen-bond donors (Lipinski definition) is 1. The van der Waals surface area contributed by atoms with Crippen molar-refractivity contribution in [3.63, 3.8) is 0 Å². The Balaban J connectivity index is 1.62. The highest BCUT2D eigenvalue weighted by Crippen LogP contribution is 2.30. The third-order valence-corrected chi connectivity index (χ3v) is 5.17. The SMILES string of the molecule is Cc1ccccc1-c1cccc(CNc2cccc3c2C=CC3)c1C. The first kappa shape index (κ1) is 15.7. The Morgan fingerprint density at radius 1 is 0.840 bits per heavy atom. The lowest BCUT2D eigenvalue weighted by atomic mass is 9.93. The van der Waals surface area contributed by atoms with Crippen LogP contribution in [-0.4, -0.2) is 0 Å². The van der Waals surface area contributed by atoms with Gasteiger partial charge in [0.05, 0.1) is 0 Å². The van der Waals surface area contributed by atoms with E-state index in [0.29, 0.717) is 0 Å². The molecule has 0 amide bonds. The van der Waals surface area contributed by atoms with E-state index in [1.54, 1.807) is 0 Å². The zero-order valence-electron chi connectivity index (χ0n) is 14.8. The van der Waals surface area contributed by atoms with E-state index in [1.807, 2.05) is 0 Å². The van der Waals surface area contributed by atoms with Crippen molar-refractivity contribution in [3.05, 3.63) is 94.6 Å². The van der Waals surface area contributed by atoms with E-state index in [2.05, 4.69) is 92.0 Å². The van der Waals surface area contributed by atoms with Crippen molar-refractivity contribution in [2.45, 2.75) is 26.8 Å². The summed E-state index contributed by atoms with van der Waals surface area (Å²) >= 11 is 0. The minimum absolute atomic E-state index is 0.843. The van der Waals surface area contributed by atoms with Gasteiger partial charge < -0.3 is 5.32 Å². The molecular weight excluding hydrogens is 302 g/mol. The molecule has 0 aromatic heterocycles. The quantitative estimate of drug-likeness (QED) is 0.606. The minimum Gasteiger partial charge on any atom is -0.380 e. The van der Waals surface area contributed by atoms with Crippen molar-refractivity contribution in [3.8, 4) is 11.1 Å². The molecule has 1 nitrogen and oxygen atoms in total. The van der Waals surface area contributed by atoms with Crippen LogP contribution in [0, 0.1) is 13.8 Å². The van der Waals surface area contributed by atoms with Gasteiger partial charge in [-0.3, -0.25) is 0 Å². The second-order valence-corrected chi connectivity index (χ2v) is 6.74. The van der Waals surface area contributed by atoms with E-state index in [0.717, 1.165) is 13.0 Å². The molecule has 0 bridgehead atoms. The number of aryl methyl sites for hydroxylation is 1. The number of benzene rings is 3. The number of anilines is 1. The molecule has 1 N–H and O–H groups in total. The molecular formula is C24H23N. The molecule has 3 aromatic carbocycles. The molecule has 0 radical (unpaired) electrons. The predicted octanol–water partition coefficient (Wildman–Crippen LogP) is 6.15. The summed E-state index contributed by atoms with van der Waals surface area (Å²) in [6.07, 6.45) is 5.51. The van der Waals surface area contributed by atoms with Gasteiger partial charge in [0, 0.05) is 17.8 Å². The summed E-state index contributed by atoms with van der Waals surface area (Å²) in [4.78, 5) is 0. The summed E-state index contributed by atoms with van der Waals surface area (Å²) < 4.78 is 0. The normalized spacial score (nSPS) is 12.2. The second kappa shape index (κ2) is 6.60. The topological polar surface area (TPSA) is 12.0 Å². The van der Waals surface area contributed by atoms with E-state index in [-0.39, 0.29) is 0 Å². The van der Waals surface area contributed by atoms with Crippen LogP contribution < -0.4 is 5.32 Å². The van der Waals surface area contributed by atoms with Crippen LogP contribution in [0.15, 0.2) is 66.7 Å². The third kappa shape index (κ3) is 2.98. The Morgan fingerprint density at radius 3 is 2.52 bits per heavy atom. The molecule has 1 aliphatic carbocycles. The molecule has 124 valence electrons. The Morgan fingerprint density at radius 2 is 1.64 bits per heavy atom. The lowest BCUT2D eigenvalue weighted by Crippen LogP contribution is -2.04. The lowest BCUT2D eigenvalue weighted by molar-refractivity contribution is 1.12. The highest BCUT2D eigenvalue weighted by molar-refractivity contribution is 5.74. The number of allylic oxidation sites excluding steroid dienone is 1. The number of fused-ring (bicyclic) bond motifs is 1. The van der Waals surface area contributed by atoms with Crippen LogP contribution in [0.4, 0.5) is 5.69 Å². The smallest absolute Gasteiger partial charge is 0.0419 e. The monoisotopic (exact) mass is 325 g/mol. The summed E-state index contributed by atoms with van der Waals surface area (Å²) in [6, 6.07) is 21.8. The first-order chi connectivity index (χ1) is 12.2. The summed E-state index contributed by atoms with van der Waals surface area (Å²) in [7, 11) is 0. The maximum absolute atomic E-state index is 3.64. The zero-order valence-corrected chi connectivity index (χ0v) is 14.8. The van der Waals surface area contributed by atoms with Crippen LogP contribution in [0.2, 0.25) is 0 Å². The van der Waals surface area contributed by atoms with Crippen LogP contribution in [0.1, 0.15) is 27.8 Å². The van der Waals surface area contributed by atoms with Crippen LogP contribution in [0.25, 0.3) is 17.2 Å². The predicted molar refractivity (Wildman–Crippen MR) is 108 cm³/mol. The van der Waals surface area contributed by atoms with Crippen LogP contribution in [0.5, 0.6) is 0 Å². The lowest BCUT2D eigenvalue weighted by Gasteiger charge is -2.16. The Hall–Kier alpha value is -2.80. The van der Waals surface area contributed by atoms with Gasteiger partial charge >= 0.3 is 0 Å². The molecule has 4 rings (SSSR count). The molecule has 0 fully saturated rings. The van der Waals surface area contributed by atoms with Crippen molar-refractivity contribution in [1.82, 2.24) is 0 Å². The molecule has 0 spiro atoms. The van der Waals surface area contributed by atoms with Gasteiger partial charge in [0.25, 0.3) is 0 Å². The summed E-state index contributed by atoms with van der Waals surface area (Å²) in [5.74, 6) is 0. The fraction of sp³-hybridized carbons (Fsp3) is 0.167. The maximum atomic E-state index is 3.64. The molecule has 0 saturated carbocycles. The molecule has 25 heavy (non-hydrogen) atoms. The maximum Gasteiger partial charge on any atom is 0.0419 e. The van der Waals surface area contributed by atoms with E-state index in [4.69, 9.17) is 0 Å². The molecule has 0 saturated heterocycles. The van der Waals surface area contributed by atoms with E-state index in [1.165, 1.54) is 44.6 Å². The van der Waals surface area contributed by atoms with Gasteiger partial charge in [-0.1, -0.05) is 66.7 Å². The van der Waals surface area contributed by atoms with Gasteiger partial charge in [0.15, 0.2) is 0 Å². The molecule has 0 heterocycles. The largest absolute Gasteiger partial charge is 0.380 e. The summed E-state index contributed by atoms with van der Waals surface area (Å²) in [5, 5.41) is 3.64. The van der Waals surface area contributed by atoms with Crippen molar-refractivity contribution < 1.29 is 0 Å².